The van der Waals surface area contributed by atoms with E-state index in [-0.39, 0.29) is 5.54 Å². The van der Waals surface area contributed by atoms with Crippen molar-refractivity contribution in [3.05, 3.63) is 0 Å². The Morgan fingerprint density at radius 1 is 1.05 bits per heavy atom. The average molecular weight is 297 g/mol. The molecule has 2 aliphatic rings. The molecule has 124 valence electrons. The van der Waals surface area contributed by atoms with E-state index >= 15 is 0 Å². The average Bonchev–Trinajstić information content (AvgIpc) is 2.98. The second-order valence-electron chi connectivity index (χ2n) is 7.59. The molecule has 0 aromatic carbocycles. The summed E-state index contributed by atoms with van der Waals surface area (Å²) < 4.78 is 0. The highest BCUT2D eigenvalue weighted by molar-refractivity contribution is 4.95. The van der Waals surface area contributed by atoms with Crippen LogP contribution in [0.15, 0.2) is 0 Å². The summed E-state index contributed by atoms with van der Waals surface area (Å²) in [4.78, 5) is 7.79. The van der Waals surface area contributed by atoms with Gasteiger partial charge in [-0.2, -0.15) is 0 Å². The molecule has 0 aliphatic carbocycles. The summed E-state index contributed by atoms with van der Waals surface area (Å²) in [5.74, 6) is 0.767. The maximum absolute atomic E-state index is 6.20. The van der Waals surface area contributed by atoms with Crippen LogP contribution in [0.1, 0.15) is 39.5 Å². The number of likely N-dealkylation sites (tertiary alicyclic amines) is 2. The molecule has 0 amide bonds. The number of hydrogen-bond donors (Lipinski definition) is 1. The third-order valence-electron chi connectivity index (χ3n) is 5.55. The van der Waals surface area contributed by atoms with Crippen molar-refractivity contribution in [1.82, 2.24) is 14.7 Å². The molecule has 0 unspecified atom stereocenters. The van der Waals surface area contributed by atoms with Gasteiger partial charge in [0.05, 0.1) is 0 Å². The van der Waals surface area contributed by atoms with Gasteiger partial charge in [-0.15, -0.1) is 0 Å². The van der Waals surface area contributed by atoms with Crippen LogP contribution in [0.4, 0.5) is 0 Å². The van der Waals surface area contributed by atoms with Crippen LogP contribution in [0.2, 0.25) is 0 Å². The lowest BCUT2D eigenvalue weighted by molar-refractivity contribution is 0.0367. The predicted molar refractivity (Wildman–Crippen MR) is 90.6 cm³/mol. The fourth-order valence-corrected chi connectivity index (χ4v) is 3.94. The molecule has 2 saturated heterocycles. The van der Waals surface area contributed by atoms with Crippen molar-refractivity contribution in [2.75, 3.05) is 59.4 Å². The highest BCUT2D eigenvalue weighted by atomic mass is 15.3. The Morgan fingerprint density at radius 2 is 1.67 bits per heavy atom. The standard InChI is InChI=1S/C17H36N4/c1-16(2)14-21-10-6-17(15-18,7-11-21)19(3)12-13-20-8-4-5-9-20/h16H,4-15,18H2,1-3H3. The number of likely N-dealkylation sites (N-methyl/N-ethyl adjacent to an activating group) is 1. The van der Waals surface area contributed by atoms with Crippen LogP contribution in [0.25, 0.3) is 0 Å². The third-order valence-corrected chi connectivity index (χ3v) is 5.55. The summed E-state index contributed by atoms with van der Waals surface area (Å²) in [5.41, 5.74) is 6.44. The molecule has 0 saturated carbocycles. The van der Waals surface area contributed by atoms with Crippen LogP contribution in [0.3, 0.4) is 0 Å². The van der Waals surface area contributed by atoms with E-state index in [2.05, 4.69) is 35.6 Å². The fraction of sp³-hybridized carbons (Fsp3) is 1.00. The highest BCUT2D eigenvalue weighted by Gasteiger charge is 2.36. The first-order valence-corrected chi connectivity index (χ1v) is 8.92. The Kier molecular flexibility index (Phi) is 6.48. The Labute approximate surface area is 131 Å². The van der Waals surface area contributed by atoms with Crippen molar-refractivity contribution in [2.24, 2.45) is 11.7 Å². The second kappa shape index (κ2) is 7.91. The van der Waals surface area contributed by atoms with E-state index in [0.717, 1.165) is 12.5 Å². The van der Waals surface area contributed by atoms with Crippen LogP contribution in [0.5, 0.6) is 0 Å². The monoisotopic (exact) mass is 296 g/mol. The van der Waals surface area contributed by atoms with Gasteiger partial charge in [-0.1, -0.05) is 13.8 Å². The lowest BCUT2D eigenvalue weighted by Gasteiger charge is -2.47. The van der Waals surface area contributed by atoms with Crippen molar-refractivity contribution in [1.29, 1.82) is 0 Å². The molecule has 2 fully saturated rings. The highest BCUT2D eigenvalue weighted by Crippen LogP contribution is 2.27. The predicted octanol–water partition coefficient (Wildman–Crippen LogP) is 1.46. The number of rotatable bonds is 7. The molecule has 2 aliphatic heterocycles. The minimum atomic E-state index is 0.243. The molecule has 21 heavy (non-hydrogen) atoms. The van der Waals surface area contributed by atoms with Gasteiger partial charge in [0.15, 0.2) is 0 Å². The first kappa shape index (κ1) is 17.2. The van der Waals surface area contributed by atoms with Crippen molar-refractivity contribution < 1.29 is 0 Å². The first-order chi connectivity index (χ1) is 10.1. The van der Waals surface area contributed by atoms with Crippen molar-refractivity contribution >= 4 is 0 Å². The van der Waals surface area contributed by atoms with Crippen LogP contribution >= 0.6 is 0 Å². The van der Waals surface area contributed by atoms with Gasteiger partial charge in [0, 0.05) is 31.7 Å². The smallest absolute Gasteiger partial charge is 0.0353 e. The van der Waals surface area contributed by atoms with Crippen LogP contribution in [0, 0.1) is 5.92 Å². The van der Waals surface area contributed by atoms with Gasteiger partial charge >= 0.3 is 0 Å². The maximum atomic E-state index is 6.20. The molecule has 2 N–H and O–H groups in total. The quantitative estimate of drug-likeness (QED) is 0.772. The first-order valence-electron chi connectivity index (χ1n) is 8.92. The third kappa shape index (κ3) is 4.65. The Morgan fingerprint density at radius 3 is 2.19 bits per heavy atom. The number of hydrogen-bond acceptors (Lipinski definition) is 4. The second-order valence-corrected chi connectivity index (χ2v) is 7.59. The van der Waals surface area contributed by atoms with Gasteiger partial charge in [-0.3, -0.25) is 4.90 Å². The summed E-state index contributed by atoms with van der Waals surface area (Å²) in [5, 5.41) is 0. The molecule has 0 aromatic heterocycles. The van der Waals surface area contributed by atoms with Crippen LogP contribution in [-0.4, -0.2) is 79.6 Å². The number of nitrogens with two attached hydrogens (primary N) is 1. The molecule has 4 nitrogen and oxygen atoms in total. The molecule has 0 radical (unpaired) electrons. The largest absolute Gasteiger partial charge is 0.329 e. The Balaban J connectivity index is 1.80. The molecular weight excluding hydrogens is 260 g/mol. The van der Waals surface area contributed by atoms with Gasteiger partial charge in [0.1, 0.15) is 0 Å². The molecule has 0 aromatic rings. The molecule has 2 heterocycles. The van der Waals surface area contributed by atoms with Gasteiger partial charge in [-0.05, 0) is 64.8 Å². The van der Waals surface area contributed by atoms with Gasteiger partial charge in [0.25, 0.3) is 0 Å². The van der Waals surface area contributed by atoms with Gasteiger partial charge in [0.2, 0.25) is 0 Å². The van der Waals surface area contributed by atoms with E-state index in [1.807, 2.05) is 0 Å². The molecule has 0 spiro atoms. The Bertz CT molecular complexity index is 291. The molecule has 4 heteroatoms. The van der Waals surface area contributed by atoms with Crippen LogP contribution in [-0.2, 0) is 0 Å². The number of nitrogens with zero attached hydrogens (tertiary/aromatic N) is 3. The zero-order valence-electron chi connectivity index (χ0n) is 14.5. The zero-order chi connectivity index (χ0) is 15.3. The topological polar surface area (TPSA) is 35.7 Å². The van der Waals surface area contributed by atoms with Gasteiger partial charge in [-0.25, -0.2) is 0 Å². The van der Waals surface area contributed by atoms with E-state index < -0.39 is 0 Å². The van der Waals surface area contributed by atoms with E-state index in [0.29, 0.717) is 0 Å². The summed E-state index contributed by atoms with van der Waals surface area (Å²) in [6.07, 6.45) is 5.23. The lowest BCUT2D eigenvalue weighted by atomic mass is 9.85. The molecule has 0 atom stereocenters. The van der Waals surface area contributed by atoms with Crippen molar-refractivity contribution in [3.63, 3.8) is 0 Å². The normalized spacial score (nSPS) is 24.3. The van der Waals surface area contributed by atoms with E-state index in [1.54, 1.807) is 0 Å². The SMILES string of the molecule is CC(C)CN1CCC(CN)(N(C)CCN2CCCC2)CC1. The summed E-state index contributed by atoms with van der Waals surface area (Å²) in [6, 6.07) is 0. The van der Waals surface area contributed by atoms with Crippen molar-refractivity contribution in [3.8, 4) is 0 Å². The fourth-order valence-electron chi connectivity index (χ4n) is 3.94. The molecular formula is C17H36N4. The minimum absolute atomic E-state index is 0.243. The van der Waals surface area contributed by atoms with Gasteiger partial charge < -0.3 is 15.5 Å². The summed E-state index contributed by atoms with van der Waals surface area (Å²) in [6.45, 7) is 14.1. The summed E-state index contributed by atoms with van der Waals surface area (Å²) >= 11 is 0. The van der Waals surface area contributed by atoms with Crippen LogP contribution < -0.4 is 5.73 Å². The molecule has 0 bridgehead atoms. The lowest BCUT2D eigenvalue weighted by Crippen LogP contribution is -2.59. The summed E-state index contributed by atoms with van der Waals surface area (Å²) in [7, 11) is 2.29. The van der Waals surface area contributed by atoms with E-state index in [9.17, 15) is 0 Å². The Hall–Kier alpha value is -0.160. The number of piperidine rings is 1. The maximum Gasteiger partial charge on any atom is 0.0353 e. The van der Waals surface area contributed by atoms with E-state index in [4.69, 9.17) is 5.73 Å². The minimum Gasteiger partial charge on any atom is -0.329 e. The van der Waals surface area contributed by atoms with Crippen molar-refractivity contribution in [2.45, 2.75) is 45.1 Å². The molecule has 2 rings (SSSR count). The zero-order valence-corrected chi connectivity index (χ0v) is 14.5. The van der Waals surface area contributed by atoms with E-state index in [1.165, 1.54) is 71.5 Å².